The van der Waals surface area contributed by atoms with Crippen molar-refractivity contribution in [1.29, 1.82) is 0 Å². The van der Waals surface area contributed by atoms with E-state index < -0.39 is 0 Å². The fraction of sp³-hybridized carbons (Fsp3) is 0.647. The smallest absolute Gasteiger partial charge is 0.0348 e. The summed E-state index contributed by atoms with van der Waals surface area (Å²) in [4.78, 5) is 1.65. The second kappa shape index (κ2) is 6.23. The quantitative estimate of drug-likeness (QED) is 0.789. The van der Waals surface area contributed by atoms with Gasteiger partial charge in [0.15, 0.2) is 0 Å². The number of rotatable bonds is 4. The van der Waals surface area contributed by atoms with E-state index in [-0.39, 0.29) is 0 Å². The van der Waals surface area contributed by atoms with Crippen LogP contribution in [0.2, 0.25) is 0 Å². The second-order valence-electron chi connectivity index (χ2n) is 5.86. The Labute approximate surface area is 121 Å². The molecule has 19 heavy (non-hydrogen) atoms. The highest BCUT2D eigenvalue weighted by Gasteiger charge is 2.30. The van der Waals surface area contributed by atoms with E-state index in [1.54, 1.807) is 16.0 Å². The van der Waals surface area contributed by atoms with Gasteiger partial charge in [0.25, 0.3) is 0 Å². The zero-order chi connectivity index (χ0) is 13.1. The predicted molar refractivity (Wildman–Crippen MR) is 84.0 cm³/mol. The standard InChI is InChI=1S/C17H25NS/c1-2-18-17(13-7-4-3-5-8-13)15-9-6-10-16-14(15)11-12-19-16/h7,11-12,15,17-18H,2-6,8-10H2,1H3. The number of fused-ring (bicyclic) bond motifs is 1. The van der Waals surface area contributed by atoms with Gasteiger partial charge < -0.3 is 5.32 Å². The maximum absolute atomic E-state index is 3.79. The normalized spacial score (nSPS) is 24.7. The molecule has 0 bridgehead atoms. The molecule has 0 amide bonds. The van der Waals surface area contributed by atoms with Crippen molar-refractivity contribution in [1.82, 2.24) is 5.32 Å². The summed E-state index contributed by atoms with van der Waals surface area (Å²) in [6, 6.07) is 2.98. The molecular formula is C17H25NS. The minimum absolute atomic E-state index is 0.596. The molecular weight excluding hydrogens is 250 g/mol. The van der Waals surface area contributed by atoms with Crippen LogP contribution in [0.15, 0.2) is 23.1 Å². The van der Waals surface area contributed by atoms with Crippen LogP contribution in [0.3, 0.4) is 0 Å². The van der Waals surface area contributed by atoms with Gasteiger partial charge in [-0.25, -0.2) is 0 Å². The third kappa shape index (κ3) is 2.80. The number of nitrogens with one attached hydrogen (secondary N) is 1. The number of hydrogen-bond donors (Lipinski definition) is 1. The Morgan fingerprint density at radius 3 is 3.05 bits per heavy atom. The third-order valence-corrected chi connectivity index (χ3v) is 5.65. The van der Waals surface area contributed by atoms with Crippen LogP contribution in [-0.4, -0.2) is 12.6 Å². The minimum atomic E-state index is 0.596. The molecule has 1 aromatic heterocycles. The van der Waals surface area contributed by atoms with Crippen molar-refractivity contribution in [3.8, 4) is 0 Å². The predicted octanol–water partition coefficient (Wildman–Crippen LogP) is 4.65. The van der Waals surface area contributed by atoms with E-state index in [9.17, 15) is 0 Å². The van der Waals surface area contributed by atoms with E-state index in [1.165, 1.54) is 44.9 Å². The van der Waals surface area contributed by atoms with Gasteiger partial charge in [-0.05, 0) is 68.5 Å². The van der Waals surface area contributed by atoms with Gasteiger partial charge >= 0.3 is 0 Å². The first kappa shape index (κ1) is 13.4. The minimum Gasteiger partial charge on any atom is -0.310 e. The van der Waals surface area contributed by atoms with Gasteiger partial charge in [-0.1, -0.05) is 18.6 Å². The first-order chi connectivity index (χ1) is 9.40. The van der Waals surface area contributed by atoms with Crippen LogP contribution in [0.4, 0.5) is 0 Å². The molecule has 1 aromatic rings. The Hall–Kier alpha value is -0.600. The molecule has 1 heterocycles. The summed E-state index contributed by atoms with van der Waals surface area (Å²) in [5.74, 6) is 0.722. The van der Waals surface area contributed by atoms with Crippen LogP contribution in [0, 0.1) is 0 Å². The molecule has 2 aliphatic rings. The molecule has 0 spiro atoms. The van der Waals surface area contributed by atoms with Gasteiger partial charge in [0.05, 0.1) is 0 Å². The highest BCUT2D eigenvalue weighted by atomic mass is 32.1. The summed E-state index contributed by atoms with van der Waals surface area (Å²) in [7, 11) is 0. The van der Waals surface area contributed by atoms with E-state index in [1.807, 2.05) is 11.3 Å². The van der Waals surface area contributed by atoms with Gasteiger partial charge in [0.1, 0.15) is 0 Å². The molecule has 0 fully saturated rings. The van der Waals surface area contributed by atoms with Crippen LogP contribution in [-0.2, 0) is 6.42 Å². The van der Waals surface area contributed by atoms with Gasteiger partial charge in [-0.15, -0.1) is 11.3 Å². The topological polar surface area (TPSA) is 12.0 Å². The first-order valence-electron chi connectivity index (χ1n) is 7.88. The molecule has 0 saturated heterocycles. The van der Waals surface area contributed by atoms with Crippen molar-refractivity contribution < 1.29 is 0 Å². The molecule has 1 N–H and O–H groups in total. The van der Waals surface area contributed by atoms with Crippen LogP contribution in [0.1, 0.15) is 61.8 Å². The monoisotopic (exact) mass is 275 g/mol. The molecule has 0 radical (unpaired) electrons. The van der Waals surface area contributed by atoms with Crippen molar-refractivity contribution in [2.24, 2.45) is 0 Å². The molecule has 2 unspecified atom stereocenters. The average molecular weight is 275 g/mol. The molecule has 0 aromatic carbocycles. The van der Waals surface area contributed by atoms with E-state index >= 15 is 0 Å². The van der Waals surface area contributed by atoms with Crippen molar-refractivity contribution in [3.63, 3.8) is 0 Å². The molecule has 0 aliphatic heterocycles. The lowest BCUT2D eigenvalue weighted by atomic mass is 9.77. The van der Waals surface area contributed by atoms with Crippen molar-refractivity contribution >= 4 is 11.3 Å². The van der Waals surface area contributed by atoms with Crippen molar-refractivity contribution in [2.45, 2.75) is 63.8 Å². The van der Waals surface area contributed by atoms with Gasteiger partial charge in [-0.2, -0.15) is 0 Å². The number of likely N-dealkylation sites (N-methyl/N-ethyl adjacent to an activating group) is 1. The summed E-state index contributed by atoms with van der Waals surface area (Å²) in [5.41, 5.74) is 3.34. The lowest BCUT2D eigenvalue weighted by molar-refractivity contribution is 0.423. The number of hydrogen-bond acceptors (Lipinski definition) is 2. The van der Waals surface area contributed by atoms with Crippen LogP contribution in [0.25, 0.3) is 0 Å². The summed E-state index contributed by atoms with van der Waals surface area (Å²) < 4.78 is 0. The molecule has 104 valence electrons. The largest absolute Gasteiger partial charge is 0.310 e. The lowest BCUT2D eigenvalue weighted by Crippen LogP contribution is -2.38. The molecule has 3 rings (SSSR count). The van der Waals surface area contributed by atoms with Crippen molar-refractivity contribution in [3.05, 3.63) is 33.5 Å². The van der Waals surface area contributed by atoms with Crippen molar-refractivity contribution in [2.75, 3.05) is 6.54 Å². The number of allylic oxidation sites excluding steroid dienone is 1. The number of aryl methyl sites for hydroxylation is 1. The molecule has 1 nitrogen and oxygen atoms in total. The van der Waals surface area contributed by atoms with E-state index in [0.29, 0.717) is 6.04 Å². The van der Waals surface area contributed by atoms with Crippen LogP contribution >= 0.6 is 11.3 Å². The Morgan fingerprint density at radius 2 is 2.26 bits per heavy atom. The van der Waals surface area contributed by atoms with E-state index in [2.05, 4.69) is 29.8 Å². The second-order valence-corrected chi connectivity index (χ2v) is 6.86. The summed E-state index contributed by atoms with van der Waals surface area (Å²) in [6.07, 6.45) is 11.9. The highest BCUT2D eigenvalue weighted by Crippen LogP contribution is 2.40. The Bertz CT molecular complexity index is 446. The average Bonchev–Trinajstić information content (AvgIpc) is 2.94. The highest BCUT2D eigenvalue weighted by molar-refractivity contribution is 7.10. The summed E-state index contributed by atoms with van der Waals surface area (Å²) in [6.45, 7) is 3.33. The van der Waals surface area contributed by atoms with E-state index in [4.69, 9.17) is 0 Å². The zero-order valence-corrected chi connectivity index (χ0v) is 12.8. The van der Waals surface area contributed by atoms with Crippen LogP contribution in [0.5, 0.6) is 0 Å². The molecule has 2 aliphatic carbocycles. The molecule has 0 saturated carbocycles. The maximum atomic E-state index is 3.79. The lowest BCUT2D eigenvalue weighted by Gasteiger charge is -2.34. The van der Waals surface area contributed by atoms with E-state index in [0.717, 1.165) is 12.5 Å². The van der Waals surface area contributed by atoms with Crippen LogP contribution < -0.4 is 5.32 Å². The third-order valence-electron chi connectivity index (χ3n) is 4.65. The fourth-order valence-corrected chi connectivity index (χ4v) is 4.76. The Balaban J connectivity index is 1.87. The summed E-state index contributed by atoms with van der Waals surface area (Å²) in [5, 5.41) is 6.08. The Kier molecular flexibility index (Phi) is 4.39. The fourth-order valence-electron chi connectivity index (χ4n) is 3.77. The Morgan fingerprint density at radius 1 is 1.32 bits per heavy atom. The summed E-state index contributed by atoms with van der Waals surface area (Å²) >= 11 is 1.96. The first-order valence-corrected chi connectivity index (χ1v) is 8.76. The van der Waals surface area contributed by atoms with Gasteiger partial charge in [0, 0.05) is 16.8 Å². The molecule has 2 atom stereocenters. The molecule has 2 heteroatoms. The van der Waals surface area contributed by atoms with Gasteiger partial charge in [0.2, 0.25) is 0 Å². The SMILES string of the molecule is CCNC(C1=CCCCC1)C1CCCc2sccc21. The zero-order valence-electron chi connectivity index (χ0n) is 12.0. The van der Waals surface area contributed by atoms with Gasteiger partial charge in [-0.3, -0.25) is 0 Å². The number of thiophene rings is 1. The maximum Gasteiger partial charge on any atom is 0.0348 e.